The van der Waals surface area contributed by atoms with Crippen molar-refractivity contribution in [3.8, 4) is 0 Å². The van der Waals surface area contributed by atoms with Crippen LogP contribution in [-0.2, 0) is 9.05 Å². The molecule has 1 aromatic heterocycles. The highest BCUT2D eigenvalue weighted by molar-refractivity contribution is 8.13. The molecule has 0 atom stereocenters. The van der Waals surface area contributed by atoms with Crippen LogP contribution in [0.1, 0.15) is 15.2 Å². The number of aryl methyl sites for hydroxylation is 1. The molecule has 1 heterocycles. The molecule has 0 fully saturated rings. The van der Waals surface area contributed by atoms with Gasteiger partial charge >= 0.3 is 0 Å². The first-order chi connectivity index (χ1) is 8.88. The highest BCUT2D eigenvalue weighted by Gasteiger charge is 2.14. The average Bonchev–Trinajstić information content (AvgIpc) is 2.80. The smallest absolute Gasteiger partial charge is 0.269 e. The van der Waals surface area contributed by atoms with Crippen LogP contribution >= 0.6 is 22.2 Å². The lowest BCUT2D eigenvalue weighted by atomic mass is 10.2. The second-order valence-corrected chi connectivity index (χ2v) is 6.97. The van der Waals surface area contributed by atoms with Crippen molar-refractivity contribution in [2.45, 2.75) is 11.8 Å². The van der Waals surface area contributed by atoms with Gasteiger partial charge in [0.15, 0.2) is 0 Å². The molecule has 19 heavy (non-hydrogen) atoms. The highest BCUT2D eigenvalue weighted by Crippen LogP contribution is 2.23. The van der Waals surface area contributed by atoms with E-state index >= 15 is 0 Å². The SMILES string of the molecule is Cc1cc(NC(=O)c2cnns2)ccc1S(=O)(=O)Cl. The Kier molecular flexibility index (Phi) is 3.83. The van der Waals surface area contributed by atoms with Crippen LogP contribution in [0.3, 0.4) is 0 Å². The van der Waals surface area contributed by atoms with Gasteiger partial charge in [-0.1, -0.05) is 4.49 Å². The van der Waals surface area contributed by atoms with E-state index in [-0.39, 0.29) is 10.8 Å². The Hall–Kier alpha value is -1.51. The Morgan fingerprint density at radius 2 is 2.16 bits per heavy atom. The second kappa shape index (κ2) is 5.24. The zero-order valence-electron chi connectivity index (χ0n) is 9.62. The van der Waals surface area contributed by atoms with Crippen LogP contribution in [0.25, 0.3) is 0 Å². The Balaban J connectivity index is 2.24. The number of aromatic nitrogens is 2. The van der Waals surface area contributed by atoms with Gasteiger partial charge in [0, 0.05) is 16.4 Å². The summed E-state index contributed by atoms with van der Waals surface area (Å²) in [4.78, 5) is 12.1. The fourth-order valence-electron chi connectivity index (χ4n) is 1.46. The zero-order chi connectivity index (χ0) is 14.0. The van der Waals surface area contributed by atoms with Crippen molar-refractivity contribution in [1.82, 2.24) is 9.59 Å². The van der Waals surface area contributed by atoms with Crippen LogP contribution < -0.4 is 5.32 Å². The summed E-state index contributed by atoms with van der Waals surface area (Å²) >= 11 is 0.972. The summed E-state index contributed by atoms with van der Waals surface area (Å²) in [6.07, 6.45) is 1.35. The van der Waals surface area contributed by atoms with E-state index in [9.17, 15) is 13.2 Å². The topological polar surface area (TPSA) is 89.0 Å². The number of carbonyl (C=O) groups excluding carboxylic acids is 1. The van der Waals surface area contributed by atoms with E-state index < -0.39 is 9.05 Å². The number of amides is 1. The number of nitrogens with zero attached hydrogens (tertiary/aromatic N) is 2. The quantitative estimate of drug-likeness (QED) is 0.875. The number of carbonyl (C=O) groups is 1. The average molecular weight is 318 g/mol. The molecule has 0 aliphatic heterocycles. The Morgan fingerprint density at radius 1 is 1.42 bits per heavy atom. The van der Waals surface area contributed by atoms with Crippen LogP contribution in [0, 0.1) is 6.92 Å². The molecular formula is C10H8ClN3O3S2. The molecular weight excluding hydrogens is 310 g/mol. The van der Waals surface area contributed by atoms with Gasteiger partial charge in [0.2, 0.25) is 0 Å². The van der Waals surface area contributed by atoms with E-state index in [1.165, 1.54) is 24.4 Å². The van der Waals surface area contributed by atoms with Gasteiger partial charge in [-0.3, -0.25) is 4.79 Å². The minimum Gasteiger partial charge on any atom is -0.321 e. The normalized spacial score (nSPS) is 11.3. The van der Waals surface area contributed by atoms with Crippen LogP contribution in [-0.4, -0.2) is 23.9 Å². The first-order valence-corrected chi connectivity index (χ1v) is 8.10. The maximum atomic E-state index is 11.7. The summed E-state index contributed by atoms with van der Waals surface area (Å²) in [5.74, 6) is -0.351. The number of halogens is 1. The second-order valence-electron chi connectivity index (χ2n) is 3.65. The number of hydrogen-bond donors (Lipinski definition) is 1. The fourth-order valence-corrected chi connectivity index (χ4v) is 3.06. The van der Waals surface area contributed by atoms with E-state index in [1.54, 1.807) is 6.92 Å². The maximum absolute atomic E-state index is 11.7. The molecule has 0 unspecified atom stereocenters. The fraction of sp³-hybridized carbons (Fsp3) is 0.100. The largest absolute Gasteiger partial charge is 0.321 e. The van der Waals surface area contributed by atoms with E-state index in [1.807, 2.05) is 0 Å². The zero-order valence-corrected chi connectivity index (χ0v) is 12.0. The third-order valence-electron chi connectivity index (χ3n) is 2.28. The van der Waals surface area contributed by atoms with Crippen molar-refractivity contribution >= 4 is 42.9 Å². The standard InChI is InChI=1S/C10H8ClN3O3S2/c1-6-4-7(2-3-9(6)19(11,16)17)13-10(15)8-5-12-14-18-8/h2-5H,1H3,(H,13,15). The van der Waals surface area contributed by atoms with E-state index in [0.717, 1.165) is 11.5 Å². The van der Waals surface area contributed by atoms with Gasteiger partial charge in [0.05, 0.1) is 11.1 Å². The molecule has 9 heteroatoms. The number of anilines is 1. The van der Waals surface area contributed by atoms with Crippen molar-refractivity contribution in [1.29, 1.82) is 0 Å². The first-order valence-electron chi connectivity index (χ1n) is 5.02. The highest BCUT2D eigenvalue weighted by atomic mass is 35.7. The lowest BCUT2D eigenvalue weighted by Crippen LogP contribution is -2.10. The number of rotatable bonds is 3. The molecule has 1 N–H and O–H groups in total. The lowest BCUT2D eigenvalue weighted by molar-refractivity contribution is 0.103. The Morgan fingerprint density at radius 3 is 2.68 bits per heavy atom. The van der Waals surface area contributed by atoms with Crippen molar-refractivity contribution in [2.75, 3.05) is 5.32 Å². The number of hydrogen-bond acceptors (Lipinski definition) is 6. The van der Waals surface area contributed by atoms with Gasteiger partial charge in [-0.15, -0.1) is 5.10 Å². The summed E-state index contributed by atoms with van der Waals surface area (Å²) in [5, 5.41) is 6.18. The molecule has 0 aliphatic rings. The van der Waals surface area contributed by atoms with Crippen LogP contribution in [0.2, 0.25) is 0 Å². The van der Waals surface area contributed by atoms with Gasteiger partial charge in [-0.05, 0) is 42.2 Å². The molecule has 1 aromatic carbocycles. The van der Waals surface area contributed by atoms with E-state index in [2.05, 4.69) is 14.9 Å². The minimum atomic E-state index is -3.78. The number of benzene rings is 1. The number of nitrogens with one attached hydrogen (secondary N) is 1. The first kappa shape index (κ1) is 13.9. The summed E-state index contributed by atoms with van der Waals surface area (Å²) in [7, 11) is 1.49. The third-order valence-corrected chi connectivity index (χ3v) is 4.43. The summed E-state index contributed by atoms with van der Waals surface area (Å²) < 4.78 is 26.1. The summed E-state index contributed by atoms with van der Waals surface area (Å²) in [5.41, 5.74) is 0.926. The predicted molar refractivity (Wildman–Crippen MR) is 72.1 cm³/mol. The summed E-state index contributed by atoms with van der Waals surface area (Å²) in [6.45, 7) is 1.60. The van der Waals surface area contributed by atoms with Crippen LogP contribution in [0.4, 0.5) is 5.69 Å². The molecule has 0 saturated carbocycles. The molecule has 0 radical (unpaired) electrons. The monoisotopic (exact) mass is 317 g/mol. The Bertz CT molecular complexity index is 714. The molecule has 6 nitrogen and oxygen atoms in total. The van der Waals surface area contributed by atoms with Crippen molar-refractivity contribution in [3.05, 3.63) is 34.8 Å². The molecule has 0 saturated heterocycles. The van der Waals surface area contributed by atoms with Crippen molar-refractivity contribution < 1.29 is 13.2 Å². The van der Waals surface area contributed by atoms with Crippen molar-refractivity contribution in [2.24, 2.45) is 0 Å². The molecule has 2 rings (SSSR count). The molecule has 1 amide bonds. The Labute approximate surface area is 118 Å². The van der Waals surface area contributed by atoms with Crippen LogP contribution in [0.5, 0.6) is 0 Å². The molecule has 100 valence electrons. The lowest BCUT2D eigenvalue weighted by Gasteiger charge is -2.06. The summed E-state index contributed by atoms with van der Waals surface area (Å²) in [6, 6.07) is 4.34. The van der Waals surface area contributed by atoms with Gasteiger partial charge in [-0.2, -0.15) is 0 Å². The van der Waals surface area contributed by atoms with Gasteiger partial charge < -0.3 is 5.32 Å². The minimum absolute atomic E-state index is 0.0200. The van der Waals surface area contributed by atoms with E-state index in [0.29, 0.717) is 16.1 Å². The van der Waals surface area contributed by atoms with Gasteiger partial charge in [0.1, 0.15) is 4.88 Å². The van der Waals surface area contributed by atoms with Crippen molar-refractivity contribution in [3.63, 3.8) is 0 Å². The van der Waals surface area contributed by atoms with E-state index in [4.69, 9.17) is 10.7 Å². The van der Waals surface area contributed by atoms with Gasteiger partial charge in [0.25, 0.3) is 15.0 Å². The molecule has 0 aliphatic carbocycles. The molecule has 0 spiro atoms. The third kappa shape index (κ3) is 3.28. The molecule has 0 bridgehead atoms. The van der Waals surface area contributed by atoms with Crippen LogP contribution in [0.15, 0.2) is 29.3 Å². The maximum Gasteiger partial charge on any atom is 0.269 e. The predicted octanol–water partition coefficient (Wildman–Crippen LogP) is 2.03. The molecule has 2 aromatic rings. The van der Waals surface area contributed by atoms with Gasteiger partial charge in [-0.25, -0.2) is 8.42 Å².